The van der Waals surface area contributed by atoms with Gasteiger partial charge >= 0.3 is 6.36 Å². The number of alkyl halides is 3. The molecule has 3 aromatic rings. The van der Waals surface area contributed by atoms with Gasteiger partial charge in [-0.1, -0.05) is 24.3 Å². The third kappa shape index (κ3) is 5.35. The highest BCUT2D eigenvalue weighted by molar-refractivity contribution is 5.94. The van der Waals surface area contributed by atoms with E-state index in [-0.39, 0.29) is 18.2 Å². The van der Waals surface area contributed by atoms with Crippen LogP contribution in [0.15, 0.2) is 67.0 Å². The van der Waals surface area contributed by atoms with E-state index in [2.05, 4.69) is 9.84 Å². The Morgan fingerprint density at radius 2 is 1.71 bits per heavy atom. The second-order valence-corrected chi connectivity index (χ2v) is 6.25. The summed E-state index contributed by atoms with van der Waals surface area (Å²) in [5.41, 5.74) is 2.24. The van der Waals surface area contributed by atoms with Gasteiger partial charge in [-0.3, -0.25) is 9.48 Å². The van der Waals surface area contributed by atoms with Gasteiger partial charge in [-0.05, 0) is 41.5 Å². The summed E-state index contributed by atoms with van der Waals surface area (Å²) in [5, 5.41) is 4.14. The number of carbonyl (C=O) groups is 1. The lowest BCUT2D eigenvalue weighted by Gasteiger charge is -2.18. The fourth-order valence-electron chi connectivity index (χ4n) is 2.70. The number of hydrogen-bond acceptors (Lipinski definition) is 3. The van der Waals surface area contributed by atoms with Crippen LogP contribution in [-0.2, 0) is 13.1 Å². The molecule has 0 saturated heterocycles. The highest BCUT2D eigenvalue weighted by Crippen LogP contribution is 2.23. The van der Waals surface area contributed by atoms with Crippen LogP contribution in [0.1, 0.15) is 21.5 Å². The maximum atomic E-state index is 12.6. The zero-order valence-electron chi connectivity index (χ0n) is 15.1. The van der Waals surface area contributed by atoms with Gasteiger partial charge in [-0.2, -0.15) is 5.10 Å². The second kappa shape index (κ2) is 8.16. The Bertz CT molecular complexity index is 905. The van der Waals surface area contributed by atoms with Crippen LogP contribution in [-0.4, -0.2) is 34.0 Å². The van der Waals surface area contributed by atoms with Gasteiger partial charge in [0.15, 0.2) is 0 Å². The van der Waals surface area contributed by atoms with Crippen LogP contribution in [0.5, 0.6) is 5.75 Å². The van der Waals surface area contributed by atoms with Gasteiger partial charge in [-0.15, -0.1) is 13.2 Å². The molecular formula is C20H18F3N3O2. The van der Waals surface area contributed by atoms with E-state index in [0.29, 0.717) is 17.7 Å². The normalized spacial score (nSPS) is 11.3. The first-order valence-electron chi connectivity index (χ1n) is 8.47. The van der Waals surface area contributed by atoms with E-state index in [9.17, 15) is 18.0 Å². The van der Waals surface area contributed by atoms with E-state index in [0.717, 1.165) is 5.56 Å². The van der Waals surface area contributed by atoms with Gasteiger partial charge in [0, 0.05) is 31.5 Å². The molecule has 0 unspecified atom stereocenters. The lowest BCUT2D eigenvalue weighted by molar-refractivity contribution is -0.274. The lowest BCUT2D eigenvalue weighted by atomic mass is 10.1. The molecule has 0 saturated carbocycles. The molecule has 5 nitrogen and oxygen atoms in total. The van der Waals surface area contributed by atoms with Crippen LogP contribution in [0, 0.1) is 0 Å². The zero-order valence-corrected chi connectivity index (χ0v) is 15.1. The Hall–Kier alpha value is -3.29. The van der Waals surface area contributed by atoms with Crippen LogP contribution in [0.4, 0.5) is 13.2 Å². The number of hydrogen-bond donors (Lipinski definition) is 0. The average Bonchev–Trinajstić information content (AvgIpc) is 3.15. The summed E-state index contributed by atoms with van der Waals surface area (Å²) < 4.78 is 42.2. The topological polar surface area (TPSA) is 47.4 Å². The predicted molar refractivity (Wildman–Crippen MR) is 96.7 cm³/mol. The Morgan fingerprint density at radius 3 is 2.29 bits per heavy atom. The van der Waals surface area contributed by atoms with Crippen LogP contribution >= 0.6 is 0 Å². The number of ether oxygens (including phenoxy) is 1. The number of rotatable bonds is 6. The SMILES string of the molecule is CN(Cc1ccc(OC(F)(F)F)cc1)C(=O)c1ccc(Cn2cccn2)cc1. The smallest absolute Gasteiger partial charge is 0.406 e. The van der Waals surface area contributed by atoms with E-state index >= 15 is 0 Å². The van der Waals surface area contributed by atoms with Gasteiger partial charge in [-0.25, -0.2) is 0 Å². The van der Waals surface area contributed by atoms with Gasteiger partial charge in [0.2, 0.25) is 0 Å². The van der Waals surface area contributed by atoms with Crippen molar-refractivity contribution in [1.29, 1.82) is 0 Å². The van der Waals surface area contributed by atoms with Gasteiger partial charge < -0.3 is 9.64 Å². The first-order valence-corrected chi connectivity index (χ1v) is 8.47. The van der Waals surface area contributed by atoms with Crippen molar-refractivity contribution in [2.45, 2.75) is 19.5 Å². The monoisotopic (exact) mass is 389 g/mol. The maximum Gasteiger partial charge on any atom is 0.573 e. The lowest BCUT2D eigenvalue weighted by Crippen LogP contribution is -2.26. The molecule has 0 atom stereocenters. The van der Waals surface area contributed by atoms with Gasteiger partial charge in [0.1, 0.15) is 5.75 Å². The first kappa shape index (κ1) is 19.5. The molecule has 1 heterocycles. The van der Waals surface area contributed by atoms with E-state index in [4.69, 9.17) is 0 Å². The standard InChI is InChI=1S/C20H18F3N3O2/c1-25(13-15-5-9-18(10-6-15)28-20(21,22)23)19(27)17-7-3-16(4-8-17)14-26-12-2-11-24-26/h2-12H,13-14H2,1H3. The van der Waals surface area contributed by atoms with Crippen LogP contribution < -0.4 is 4.74 Å². The van der Waals surface area contributed by atoms with Crippen molar-refractivity contribution in [2.24, 2.45) is 0 Å². The molecule has 0 N–H and O–H groups in total. The number of amides is 1. The van der Waals surface area contributed by atoms with Crippen molar-refractivity contribution in [1.82, 2.24) is 14.7 Å². The van der Waals surface area contributed by atoms with Crippen molar-refractivity contribution in [3.8, 4) is 5.75 Å². The van der Waals surface area contributed by atoms with E-state index < -0.39 is 6.36 Å². The predicted octanol–water partition coefficient (Wildman–Crippen LogP) is 4.10. The number of halogens is 3. The Kier molecular flexibility index (Phi) is 5.67. The minimum Gasteiger partial charge on any atom is -0.406 e. The average molecular weight is 389 g/mol. The molecule has 0 fully saturated rings. The molecule has 8 heteroatoms. The fourth-order valence-corrected chi connectivity index (χ4v) is 2.70. The minimum absolute atomic E-state index is 0.179. The van der Waals surface area contributed by atoms with Crippen molar-refractivity contribution < 1.29 is 22.7 Å². The van der Waals surface area contributed by atoms with E-state index in [1.54, 1.807) is 30.1 Å². The first-order chi connectivity index (χ1) is 13.3. The Balaban J connectivity index is 1.59. The Morgan fingerprint density at radius 1 is 1.07 bits per heavy atom. The van der Waals surface area contributed by atoms with E-state index in [1.165, 1.54) is 29.2 Å². The third-order valence-electron chi connectivity index (χ3n) is 4.03. The molecule has 2 aromatic carbocycles. The molecule has 3 rings (SSSR count). The van der Waals surface area contributed by atoms with Crippen molar-refractivity contribution in [3.05, 3.63) is 83.7 Å². The molecular weight excluding hydrogens is 371 g/mol. The molecule has 28 heavy (non-hydrogen) atoms. The molecule has 0 aliphatic heterocycles. The molecule has 146 valence electrons. The largest absolute Gasteiger partial charge is 0.573 e. The molecule has 0 bridgehead atoms. The number of aromatic nitrogens is 2. The summed E-state index contributed by atoms with van der Waals surface area (Å²) in [5.74, 6) is -0.473. The summed E-state index contributed by atoms with van der Waals surface area (Å²) >= 11 is 0. The molecule has 0 radical (unpaired) electrons. The Labute approximate surface area is 160 Å². The van der Waals surface area contributed by atoms with E-state index in [1.807, 2.05) is 24.4 Å². The summed E-state index contributed by atoms with van der Waals surface area (Å²) in [6, 6.07) is 14.5. The van der Waals surface area contributed by atoms with Crippen LogP contribution in [0.25, 0.3) is 0 Å². The fraction of sp³-hybridized carbons (Fsp3) is 0.200. The minimum atomic E-state index is -4.72. The van der Waals surface area contributed by atoms with Crippen LogP contribution in [0.2, 0.25) is 0 Å². The van der Waals surface area contributed by atoms with Crippen molar-refractivity contribution in [3.63, 3.8) is 0 Å². The van der Waals surface area contributed by atoms with Gasteiger partial charge in [0.25, 0.3) is 5.91 Å². The highest BCUT2D eigenvalue weighted by atomic mass is 19.4. The molecule has 1 aromatic heterocycles. The van der Waals surface area contributed by atoms with Gasteiger partial charge in [0.05, 0.1) is 6.54 Å². The number of nitrogens with zero attached hydrogens (tertiary/aromatic N) is 3. The summed E-state index contributed by atoms with van der Waals surface area (Å²) in [6.45, 7) is 0.879. The highest BCUT2D eigenvalue weighted by Gasteiger charge is 2.30. The van der Waals surface area contributed by atoms with Crippen molar-refractivity contribution >= 4 is 5.91 Å². The molecule has 0 spiro atoms. The quantitative estimate of drug-likeness (QED) is 0.638. The van der Waals surface area contributed by atoms with Crippen molar-refractivity contribution in [2.75, 3.05) is 7.05 Å². The molecule has 1 amide bonds. The molecule has 0 aliphatic rings. The maximum absolute atomic E-state index is 12.6. The molecule has 0 aliphatic carbocycles. The third-order valence-corrected chi connectivity index (χ3v) is 4.03. The second-order valence-electron chi connectivity index (χ2n) is 6.25. The number of carbonyl (C=O) groups excluding carboxylic acids is 1. The zero-order chi connectivity index (χ0) is 20.1. The number of benzene rings is 2. The summed E-state index contributed by atoms with van der Waals surface area (Å²) in [6.07, 6.45) is -1.16. The summed E-state index contributed by atoms with van der Waals surface area (Å²) in [7, 11) is 1.64. The summed E-state index contributed by atoms with van der Waals surface area (Å²) in [4.78, 5) is 14.1. The van der Waals surface area contributed by atoms with Crippen LogP contribution in [0.3, 0.4) is 0 Å².